The van der Waals surface area contributed by atoms with E-state index in [-0.39, 0.29) is 11.6 Å². The van der Waals surface area contributed by atoms with E-state index in [0.717, 1.165) is 11.3 Å². The second-order valence-electron chi connectivity index (χ2n) is 5.72. The SMILES string of the molecule is CC(C)c1ccc(-c2ccc(N)c(=O)n2C(C)C)cc1. The topological polar surface area (TPSA) is 48.0 Å². The molecule has 20 heavy (non-hydrogen) atoms. The lowest BCUT2D eigenvalue weighted by molar-refractivity contribution is 0.586. The molecule has 2 aromatic rings. The Morgan fingerprint density at radius 3 is 2.05 bits per heavy atom. The second kappa shape index (κ2) is 5.53. The Morgan fingerprint density at radius 2 is 1.55 bits per heavy atom. The van der Waals surface area contributed by atoms with Gasteiger partial charge in [-0.3, -0.25) is 4.79 Å². The van der Waals surface area contributed by atoms with Gasteiger partial charge in [-0.05, 0) is 43.0 Å². The summed E-state index contributed by atoms with van der Waals surface area (Å²) in [6, 6.07) is 12.1. The summed E-state index contributed by atoms with van der Waals surface area (Å²) >= 11 is 0. The van der Waals surface area contributed by atoms with Crippen molar-refractivity contribution in [2.24, 2.45) is 0 Å². The van der Waals surface area contributed by atoms with Gasteiger partial charge in [-0.2, -0.15) is 0 Å². The van der Waals surface area contributed by atoms with Crippen LogP contribution in [0, 0.1) is 0 Å². The third-order valence-corrected chi connectivity index (χ3v) is 3.54. The maximum atomic E-state index is 12.2. The zero-order valence-electron chi connectivity index (χ0n) is 12.6. The minimum absolute atomic E-state index is 0.0748. The normalized spacial score (nSPS) is 11.3. The summed E-state index contributed by atoms with van der Waals surface area (Å²) in [6.07, 6.45) is 0. The van der Waals surface area contributed by atoms with Crippen molar-refractivity contribution in [1.82, 2.24) is 4.57 Å². The molecular formula is C17H22N2O. The van der Waals surface area contributed by atoms with Crippen LogP contribution in [0.25, 0.3) is 11.3 Å². The molecule has 0 saturated carbocycles. The minimum atomic E-state index is -0.120. The molecule has 0 unspecified atom stereocenters. The number of hydrogen-bond acceptors (Lipinski definition) is 2. The molecule has 0 fully saturated rings. The Morgan fingerprint density at radius 1 is 0.950 bits per heavy atom. The van der Waals surface area contributed by atoms with Gasteiger partial charge in [0.15, 0.2) is 0 Å². The van der Waals surface area contributed by atoms with Crippen molar-refractivity contribution >= 4 is 5.69 Å². The largest absolute Gasteiger partial charge is 0.394 e. The van der Waals surface area contributed by atoms with Gasteiger partial charge in [0.25, 0.3) is 5.56 Å². The van der Waals surface area contributed by atoms with Crippen LogP contribution in [0.4, 0.5) is 5.69 Å². The first-order chi connectivity index (χ1) is 9.41. The Kier molecular flexibility index (Phi) is 3.98. The molecule has 1 heterocycles. The van der Waals surface area contributed by atoms with Crippen LogP contribution in [0.2, 0.25) is 0 Å². The van der Waals surface area contributed by atoms with Gasteiger partial charge in [0.2, 0.25) is 0 Å². The van der Waals surface area contributed by atoms with E-state index in [1.54, 1.807) is 10.6 Å². The van der Waals surface area contributed by atoms with Crippen LogP contribution in [0.3, 0.4) is 0 Å². The zero-order chi connectivity index (χ0) is 14.9. The predicted molar refractivity (Wildman–Crippen MR) is 85.0 cm³/mol. The molecule has 0 atom stereocenters. The van der Waals surface area contributed by atoms with Crippen LogP contribution in [-0.4, -0.2) is 4.57 Å². The molecule has 0 radical (unpaired) electrons. The quantitative estimate of drug-likeness (QED) is 0.922. The number of nitrogen functional groups attached to an aromatic ring is 1. The van der Waals surface area contributed by atoms with E-state index in [9.17, 15) is 4.79 Å². The number of aromatic nitrogens is 1. The zero-order valence-corrected chi connectivity index (χ0v) is 12.6. The van der Waals surface area contributed by atoms with Crippen LogP contribution in [-0.2, 0) is 0 Å². The standard InChI is InChI=1S/C17H22N2O/c1-11(2)13-5-7-14(8-6-13)16-10-9-15(18)17(20)19(16)12(3)4/h5-12H,18H2,1-4H3. The molecule has 0 spiro atoms. The van der Waals surface area contributed by atoms with Crippen LogP contribution in [0.5, 0.6) is 0 Å². The Balaban J connectivity index is 2.58. The number of benzene rings is 1. The van der Waals surface area contributed by atoms with Gasteiger partial charge in [-0.25, -0.2) is 0 Å². The van der Waals surface area contributed by atoms with Gasteiger partial charge < -0.3 is 10.3 Å². The van der Waals surface area contributed by atoms with Crippen LogP contribution < -0.4 is 11.3 Å². The number of pyridine rings is 1. The molecule has 2 N–H and O–H groups in total. The highest BCUT2D eigenvalue weighted by molar-refractivity contribution is 5.62. The van der Waals surface area contributed by atoms with Gasteiger partial charge in [0.1, 0.15) is 0 Å². The summed E-state index contributed by atoms with van der Waals surface area (Å²) in [5.41, 5.74) is 9.16. The average molecular weight is 270 g/mol. The highest BCUT2D eigenvalue weighted by Gasteiger charge is 2.11. The van der Waals surface area contributed by atoms with Gasteiger partial charge in [-0.1, -0.05) is 38.1 Å². The van der Waals surface area contributed by atoms with Crippen molar-refractivity contribution in [2.75, 3.05) is 5.73 Å². The summed E-state index contributed by atoms with van der Waals surface area (Å²) in [6.45, 7) is 8.32. The van der Waals surface area contributed by atoms with Crippen molar-refractivity contribution in [3.63, 3.8) is 0 Å². The van der Waals surface area contributed by atoms with Crippen LogP contribution in [0.15, 0.2) is 41.2 Å². The summed E-state index contributed by atoms with van der Waals surface area (Å²) in [5.74, 6) is 0.503. The van der Waals surface area contributed by atoms with E-state index in [0.29, 0.717) is 11.6 Å². The first-order valence-corrected chi connectivity index (χ1v) is 7.03. The van der Waals surface area contributed by atoms with E-state index in [1.165, 1.54) is 5.56 Å². The van der Waals surface area contributed by atoms with E-state index < -0.39 is 0 Å². The maximum absolute atomic E-state index is 12.2. The summed E-state index contributed by atoms with van der Waals surface area (Å²) in [5, 5.41) is 0. The predicted octanol–water partition coefficient (Wildman–Crippen LogP) is 3.80. The molecule has 3 heteroatoms. The van der Waals surface area contributed by atoms with Crippen molar-refractivity contribution < 1.29 is 0 Å². The van der Waals surface area contributed by atoms with Gasteiger partial charge in [-0.15, -0.1) is 0 Å². The molecule has 3 nitrogen and oxygen atoms in total. The molecular weight excluding hydrogens is 248 g/mol. The van der Waals surface area contributed by atoms with Crippen molar-refractivity contribution in [2.45, 2.75) is 39.7 Å². The molecule has 0 saturated heterocycles. The fraction of sp³-hybridized carbons (Fsp3) is 0.353. The summed E-state index contributed by atoms with van der Waals surface area (Å²) < 4.78 is 1.75. The minimum Gasteiger partial charge on any atom is -0.394 e. The lowest BCUT2D eigenvalue weighted by Crippen LogP contribution is -2.25. The lowest BCUT2D eigenvalue weighted by Gasteiger charge is -2.17. The summed E-state index contributed by atoms with van der Waals surface area (Å²) in [4.78, 5) is 12.2. The van der Waals surface area contributed by atoms with E-state index in [4.69, 9.17) is 5.73 Å². The smallest absolute Gasteiger partial charge is 0.274 e. The Hall–Kier alpha value is -2.03. The highest BCUT2D eigenvalue weighted by Crippen LogP contribution is 2.24. The van der Waals surface area contributed by atoms with E-state index in [2.05, 4.69) is 38.1 Å². The second-order valence-corrected chi connectivity index (χ2v) is 5.72. The third kappa shape index (κ3) is 2.62. The molecule has 0 amide bonds. The average Bonchev–Trinajstić information content (AvgIpc) is 2.41. The molecule has 2 rings (SSSR count). The van der Waals surface area contributed by atoms with E-state index >= 15 is 0 Å². The Labute approximate surface area is 120 Å². The molecule has 106 valence electrons. The van der Waals surface area contributed by atoms with Gasteiger partial charge >= 0.3 is 0 Å². The Bertz CT molecular complexity index is 652. The van der Waals surface area contributed by atoms with Crippen LogP contribution in [0.1, 0.15) is 45.2 Å². The molecule has 0 aliphatic rings. The molecule has 1 aromatic heterocycles. The highest BCUT2D eigenvalue weighted by atomic mass is 16.1. The fourth-order valence-corrected chi connectivity index (χ4v) is 2.36. The molecule has 0 bridgehead atoms. The first kappa shape index (κ1) is 14.4. The number of anilines is 1. The van der Waals surface area contributed by atoms with Crippen molar-refractivity contribution in [3.05, 3.63) is 52.3 Å². The monoisotopic (exact) mass is 270 g/mol. The number of nitrogens with zero attached hydrogens (tertiary/aromatic N) is 1. The fourth-order valence-electron chi connectivity index (χ4n) is 2.36. The number of hydrogen-bond donors (Lipinski definition) is 1. The molecule has 1 aromatic carbocycles. The van der Waals surface area contributed by atoms with Crippen molar-refractivity contribution in [3.8, 4) is 11.3 Å². The third-order valence-electron chi connectivity index (χ3n) is 3.54. The van der Waals surface area contributed by atoms with E-state index in [1.807, 2.05) is 19.9 Å². The summed E-state index contributed by atoms with van der Waals surface area (Å²) in [7, 11) is 0. The van der Waals surface area contributed by atoms with Crippen molar-refractivity contribution in [1.29, 1.82) is 0 Å². The number of nitrogens with two attached hydrogens (primary N) is 1. The molecule has 0 aliphatic carbocycles. The maximum Gasteiger partial charge on any atom is 0.274 e. The molecule has 0 aliphatic heterocycles. The van der Waals surface area contributed by atoms with Gasteiger partial charge in [0.05, 0.1) is 11.4 Å². The first-order valence-electron chi connectivity index (χ1n) is 7.03. The van der Waals surface area contributed by atoms with Gasteiger partial charge in [0, 0.05) is 6.04 Å². The number of rotatable bonds is 3. The van der Waals surface area contributed by atoms with Crippen LogP contribution >= 0.6 is 0 Å². The lowest BCUT2D eigenvalue weighted by atomic mass is 10.0.